The van der Waals surface area contributed by atoms with E-state index in [0.717, 1.165) is 4.90 Å². The van der Waals surface area contributed by atoms with Crippen molar-refractivity contribution in [3.8, 4) is 0 Å². The second kappa shape index (κ2) is 7.61. The van der Waals surface area contributed by atoms with Crippen LogP contribution in [0, 0.1) is 0 Å². The van der Waals surface area contributed by atoms with Crippen LogP contribution in [0.1, 0.15) is 27.7 Å². The lowest BCUT2D eigenvalue weighted by Crippen LogP contribution is -2.50. The minimum absolute atomic E-state index is 0.0546. The molecule has 0 radical (unpaired) electrons. The van der Waals surface area contributed by atoms with E-state index in [4.69, 9.17) is 0 Å². The Kier molecular flexibility index (Phi) is 6.42. The smallest absolute Gasteiger partial charge is 0.267 e. The normalized spacial score (nSPS) is 16.7. The molecule has 0 aromatic carbocycles. The lowest BCUT2D eigenvalue weighted by atomic mass is 10.2. The van der Waals surface area contributed by atoms with Gasteiger partial charge >= 0.3 is 0 Å². The first kappa shape index (κ1) is 17.7. The molecule has 0 saturated heterocycles. The minimum atomic E-state index is -0.410. The summed E-state index contributed by atoms with van der Waals surface area (Å²) in [7, 11) is 1.45. The Labute approximate surface area is 129 Å². The molecule has 7 heteroatoms. The molecular formula is C14H23N3O3S. The molecule has 0 aromatic rings. The van der Waals surface area contributed by atoms with Crippen molar-refractivity contribution in [2.45, 2.75) is 45.8 Å². The number of rotatable bonds is 7. The topological polar surface area (TPSA) is 78.5 Å². The first-order valence-electron chi connectivity index (χ1n) is 6.95. The zero-order valence-corrected chi connectivity index (χ0v) is 13.9. The van der Waals surface area contributed by atoms with Gasteiger partial charge in [0.05, 0.1) is 10.9 Å². The van der Waals surface area contributed by atoms with Crippen LogP contribution in [-0.4, -0.2) is 53.5 Å². The first-order valence-corrected chi connectivity index (χ1v) is 7.93. The van der Waals surface area contributed by atoms with Gasteiger partial charge in [0.15, 0.2) is 0 Å². The third-order valence-electron chi connectivity index (χ3n) is 2.79. The maximum absolute atomic E-state index is 12.1. The number of likely N-dealkylation sites (N-methyl/N-ethyl adjacent to an activating group) is 1. The summed E-state index contributed by atoms with van der Waals surface area (Å²) in [6, 6.07) is -0.211. The first-order chi connectivity index (χ1) is 9.72. The zero-order chi connectivity index (χ0) is 16.2. The summed E-state index contributed by atoms with van der Waals surface area (Å²) in [5.74, 6) is -0.327. The lowest BCUT2D eigenvalue weighted by Gasteiger charge is -2.21. The summed E-state index contributed by atoms with van der Waals surface area (Å²) in [5.41, 5.74) is 0. The van der Waals surface area contributed by atoms with E-state index in [2.05, 4.69) is 10.6 Å². The molecule has 2 N–H and O–H groups in total. The number of nitrogens with zero attached hydrogens (tertiary/aromatic N) is 1. The Balaban J connectivity index is 2.65. The molecule has 0 spiro atoms. The summed E-state index contributed by atoms with van der Waals surface area (Å²) in [4.78, 5) is 36.8. The van der Waals surface area contributed by atoms with Crippen molar-refractivity contribution in [2.24, 2.45) is 0 Å². The van der Waals surface area contributed by atoms with Crippen molar-refractivity contribution in [3.05, 3.63) is 11.0 Å². The maximum Gasteiger partial charge on any atom is 0.267 e. The summed E-state index contributed by atoms with van der Waals surface area (Å²) in [6.07, 6.45) is 1.32. The van der Waals surface area contributed by atoms with E-state index in [1.54, 1.807) is 0 Å². The molecule has 1 unspecified atom stereocenters. The molecule has 1 aliphatic heterocycles. The molecule has 118 valence electrons. The van der Waals surface area contributed by atoms with Gasteiger partial charge in [-0.15, -0.1) is 11.8 Å². The SMILES string of the molecule is CC(C)NC(=O)C(CSC1=CC(=O)N(C)C1=O)NC(C)C. The number of thioether (sulfide) groups is 1. The Hall–Kier alpha value is -1.34. The molecule has 21 heavy (non-hydrogen) atoms. The molecular weight excluding hydrogens is 290 g/mol. The molecule has 0 fully saturated rings. The fourth-order valence-electron chi connectivity index (χ4n) is 1.80. The van der Waals surface area contributed by atoms with Crippen LogP contribution in [0.15, 0.2) is 11.0 Å². The van der Waals surface area contributed by atoms with E-state index < -0.39 is 6.04 Å². The van der Waals surface area contributed by atoms with E-state index >= 15 is 0 Å². The number of nitrogens with one attached hydrogen (secondary N) is 2. The molecule has 1 rings (SSSR count). The highest BCUT2D eigenvalue weighted by Gasteiger charge is 2.29. The predicted octanol–water partition coefficient (Wildman–Crippen LogP) is 0.493. The van der Waals surface area contributed by atoms with Gasteiger partial charge < -0.3 is 10.6 Å². The molecule has 3 amide bonds. The van der Waals surface area contributed by atoms with Gasteiger partial charge in [-0.2, -0.15) is 0 Å². The number of hydrogen-bond acceptors (Lipinski definition) is 5. The van der Waals surface area contributed by atoms with Crippen molar-refractivity contribution in [2.75, 3.05) is 12.8 Å². The second-order valence-electron chi connectivity index (χ2n) is 5.56. The molecule has 1 aliphatic rings. The monoisotopic (exact) mass is 313 g/mol. The Morgan fingerprint density at radius 2 is 1.86 bits per heavy atom. The zero-order valence-electron chi connectivity index (χ0n) is 13.1. The van der Waals surface area contributed by atoms with Crippen molar-refractivity contribution in [1.82, 2.24) is 15.5 Å². The van der Waals surface area contributed by atoms with E-state index in [1.807, 2.05) is 27.7 Å². The summed E-state index contributed by atoms with van der Waals surface area (Å²) >= 11 is 1.23. The van der Waals surface area contributed by atoms with Crippen molar-refractivity contribution < 1.29 is 14.4 Å². The third-order valence-corrected chi connectivity index (χ3v) is 3.89. The summed E-state index contributed by atoms with van der Waals surface area (Å²) in [5, 5.41) is 6.03. The molecule has 0 saturated carbocycles. The van der Waals surface area contributed by atoms with Gasteiger partial charge in [0.1, 0.15) is 0 Å². The number of carbonyl (C=O) groups is 3. The molecule has 1 atom stereocenters. The highest BCUT2D eigenvalue weighted by Crippen LogP contribution is 2.24. The van der Waals surface area contributed by atoms with Crippen LogP contribution < -0.4 is 10.6 Å². The molecule has 1 heterocycles. The number of carbonyl (C=O) groups excluding carboxylic acids is 3. The van der Waals surface area contributed by atoms with Crippen LogP contribution in [0.4, 0.5) is 0 Å². The molecule has 0 bridgehead atoms. The Morgan fingerprint density at radius 3 is 2.29 bits per heavy atom. The largest absolute Gasteiger partial charge is 0.353 e. The van der Waals surface area contributed by atoms with Crippen molar-refractivity contribution in [3.63, 3.8) is 0 Å². The van der Waals surface area contributed by atoms with Crippen molar-refractivity contribution in [1.29, 1.82) is 0 Å². The molecule has 0 aromatic heterocycles. The fraction of sp³-hybridized carbons (Fsp3) is 0.643. The van der Waals surface area contributed by atoms with Crippen LogP contribution in [-0.2, 0) is 14.4 Å². The van der Waals surface area contributed by atoms with E-state index in [9.17, 15) is 14.4 Å². The van der Waals surface area contributed by atoms with Crippen LogP contribution in [0.25, 0.3) is 0 Å². The highest BCUT2D eigenvalue weighted by molar-refractivity contribution is 8.04. The maximum atomic E-state index is 12.1. The van der Waals surface area contributed by atoms with Crippen LogP contribution in [0.5, 0.6) is 0 Å². The third kappa shape index (κ3) is 5.17. The average Bonchev–Trinajstić information content (AvgIpc) is 2.60. The quantitative estimate of drug-likeness (QED) is 0.669. The second-order valence-corrected chi connectivity index (χ2v) is 6.62. The van der Waals surface area contributed by atoms with Crippen LogP contribution in [0.2, 0.25) is 0 Å². The van der Waals surface area contributed by atoms with Gasteiger partial charge in [-0.3, -0.25) is 19.3 Å². The predicted molar refractivity (Wildman–Crippen MR) is 83.7 cm³/mol. The Bertz CT molecular complexity index is 460. The van der Waals surface area contributed by atoms with Crippen LogP contribution in [0.3, 0.4) is 0 Å². The summed E-state index contributed by atoms with van der Waals surface area (Å²) in [6.45, 7) is 7.71. The average molecular weight is 313 g/mol. The minimum Gasteiger partial charge on any atom is -0.353 e. The van der Waals surface area contributed by atoms with E-state index in [0.29, 0.717) is 10.7 Å². The van der Waals surface area contributed by atoms with Crippen molar-refractivity contribution >= 4 is 29.5 Å². The van der Waals surface area contributed by atoms with Gasteiger partial charge in [-0.1, -0.05) is 13.8 Å². The van der Waals surface area contributed by atoms with Gasteiger partial charge in [0, 0.05) is 31.0 Å². The number of hydrogen-bond donors (Lipinski definition) is 2. The van der Waals surface area contributed by atoms with E-state index in [-0.39, 0.29) is 29.8 Å². The van der Waals surface area contributed by atoms with Crippen LogP contribution >= 0.6 is 11.8 Å². The fourth-order valence-corrected chi connectivity index (χ4v) is 2.84. The highest BCUT2D eigenvalue weighted by atomic mass is 32.2. The number of amides is 3. The van der Waals surface area contributed by atoms with E-state index in [1.165, 1.54) is 24.9 Å². The summed E-state index contributed by atoms with van der Waals surface area (Å²) < 4.78 is 0. The van der Waals surface area contributed by atoms with Gasteiger partial charge in [-0.25, -0.2) is 0 Å². The lowest BCUT2D eigenvalue weighted by molar-refractivity contribution is -0.135. The van der Waals surface area contributed by atoms with Gasteiger partial charge in [0.25, 0.3) is 11.8 Å². The van der Waals surface area contributed by atoms with Gasteiger partial charge in [0.2, 0.25) is 5.91 Å². The Morgan fingerprint density at radius 1 is 1.24 bits per heavy atom. The molecule has 6 nitrogen and oxygen atoms in total. The number of imide groups is 1. The van der Waals surface area contributed by atoms with Gasteiger partial charge in [-0.05, 0) is 13.8 Å². The standard InChI is InChI=1S/C14H23N3O3S/c1-8(2)15-10(13(19)16-9(3)4)7-21-11-6-12(18)17(5)14(11)20/h6,8-10,15H,7H2,1-5H3,(H,16,19). The molecule has 0 aliphatic carbocycles.